The van der Waals surface area contributed by atoms with Gasteiger partial charge < -0.3 is 0 Å². The average Bonchev–Trinajstić information content (AvgIpc) is 3.38. The van der Waals surface area contributed by atoms with Gasteiger partial charge in [-0.3, -0.25) is 77.1 Å². The molecule has 0 saturated carbocycles. The summed E-state index contributed by atoms with van der Waals surface area (Å²) in [5, 5.41) is 0.155. The third-order valence-electron chi connectivity index (χ3n) is 6.87. The Bertz CT molecular complexity index is 1450. The van der Waals surface area contributed by atoms with Gasteiger partial charge in [-0.1, -0.05) is 0 Å². The smallest absolute Gasteiger partial charge is 0.272 e. The summed E-state index contributed by atoms with van der Waals surface area (Å²) in [4.78, 5) is 149. The Labute approximate surface area is 207 Å². The van der Waals surface area contributed by atoms with Crippen LogP contribution in [0.3, 0.4) is 0 Å². The first-order valence-electron chi connectivity index (χ1n) is 10.4. The van der Waals surface area contributed by atoms with E-state index in [1.54, 1.807) is 0 Å². The number of hydrazine groups is 1. The average molecular weight is 524 g/mol. The van der Waals surface area contributed by atoms with Gasteiger partial charge in [-0.05, 0) is 0 Å². The first kappa shape index (κ1) is 22.8. The van der Waals surface area contributed by atoms with Crippen LogP contribution in [0.5, 0.6) is 0 Å². The van der Waals surface area contributed by atoms with E-state index in [4.69, 9.17) is 0 Å². The Balaban J connectivity index is 1.13. The lowest BCUT2D eigenvalue weighted by Crippen LogP contribution is -2.89. The number of nitrogens with zero attached hydrogens (tertiary/aromatic N) is 6. The van der Waals surface area contributed by atoms with Crippen LogP contribution in [0, 0.1) is 10.8 Å². The minimum atomic E-state index is -2.89. The summed E-state index contributed by atoms with van der Waals surface area (Å²) in [7, 11) is 0. The number of hydrogen-bond donors (Lipinski definition) is 0. The molecule has 0 radical (unpaired) electrons. The fourth-order valence-corrected chi connectivity index (χ4v) is 4.80. The predicted molar refractivity (Wildman–Crippen MR) is 104 cm³/mol. The number of β-lactam (4-membered cyclic amide) rings is 8. The van der Waals surface area contributed by atoms with E-state index in [1.807, 2.05) is 0 Å². The van der Waals surface area contributed by atoms with Crippen molar-refractivity contribution in [2.45, 2.75) is 0 Å². The topological polar surface area (TPSA) is 224 Å². The number of carbonyl (C=O) groups excluding carboxylic acids is 12. The van der Waals surface area contributed by atoms with Gasteiger partial charge in [0.25, 0.3) is 81.7 Å². The Morgan fingerprint density at radius 3 is 1.03 bits per heavy atom. The molecule has 0 aromatic rings. The minimum absolute atomic E-state index is 0.0262. The van der Waals surface area contributed by atoms with Crippen LogP contribution in [0.1, 0.15) is 0 Å². The Morgan fingerprint density at radius 1 is 0.368 bits per heavy atom. The van der Waals surface area contributed by atoms with Crippen LogP contribution < -0.4 is 0 Å². The van der Waals surface area contributed by atoms with Gasteiger partial charge in [-0.25, -0.2) is 0 Å². The molecule has 4 fully saturated rings. The van der Waals surface area contributed by atoms with Gasteiger partial charge in [-0.15, -0.1) is 0 Å². The molecule has 18 nitrogen and oxygen atoms in total. The first-order chi connectivity index (χ1) is 17.8. The Morgan fingerprint density at radius 2 is 0.658 bits per heavy atom. The molecule has 6 rings (SSSR count). The van der Waals surface area contributed by atoms with Crippen LogP contribution in [-0.2, 0) is 57.5 Å². The Kier molecular flexibility index (Phi) is 3.92. The lowest BCUT2D eigenvalue weighted by atomic mass is 9.68. The molecule has 12 amide bonds. The number of likely N-dealkylation sites (tertiary alicyclic amines) is 3. The number of imide groups is 6. The van der Waals surface area contributed by atoms with Crippen molar-refractivity contribution in [3.63, 3.8) is 0 Å². The molecule has 0 N–H and O–H groups in total. The standard InChI is InChI=1S/C20H8N6O12/c27-7-1-2-8(28)21(7)5-22-11(31)19(12(22)32)13(33)23(14(19)34)6-24-15(35)20(16(24)36)17(37)26(18(20)38)25-9(29)3-4-10(25)30/h1-4H,5-6H2. The van der Waals surface area contributed by atoms with Gasteiger partial charge >= 0.3 is 0 Å². The van der Waals surface area contributed by atoms with E-state index < -0.39 is 95.1 Å². The van der Waals surface area contributed by atoms with Crippen LogP contribution in [0.2, 0.25) is 0 Å². The van der Waals surface area contributed by atoms with Gasteiger partial charge in [0.1, 0.15) is 13.3 Å². The normalized spacial score (nSPS) is 25.1. The maximum atomic E-state index is 12.7. The molecule has 6 heterocycles. The zero-order chi connectivity index (χ0) is 27.6. The molecule has 0 aliphatic carbocycles. The van der Waals surface area contributed by atoms with Gasteiger partial charge in [0.15, 0.2) is 0 Å². The molecule has 6 aliphatic rings. The van der Waals surface area contributed by atoms with Crippen LogP contribution in [0.25, 0.3) is 0 Å². The van der Waals surface area contributed by atoms with E-state index in [0.717, 1.165) is 24.3 Å². The molecule has 190 valence electrons. The van der Waals surface area contributed by atoms with Gasteiger partial charge in [-0.2, -0.15) is 10.0 Å². The third kappa shape index (κ3) is 2.07. The van der Waals surface area contributed by atoms with Gasteiger partial charge in [0.05, 0.1) is 0 Å². The molecule has 0 unspecified atom stereocenters. The van der Waals surface area contributed by atoms with E-state index in [9.17, 15) is 57.5 Å². The van der Waals surface area contributed by atoms with Crippen LogP contribution in [-0.4, -0.2) is 114 Å². The summed E-state index contributed by atoms with van der Waals surface area (Å²) in [6, 6.07) is 0. The van der Waals surface area contributed by atoms with E-state index in [2.05, 4.69) is 0 Å². The van der Waals surface area contributed by atoms with Crippen molar-refractivity contribution in [3.05, 3.63) is 24.3 Å². The quantitative estimate of drug-likeness (QED) is 0.186. The largest absolute Gasteiger partial charge is 0.288 e. The maximum absolute atomic E-state index is 12.7. The second-order valence-electron chi connectivity index (χ2n) is 8.58. The van der Waals surface area contributed by atoms with Gasteiger partial charge in [0.2, 0.25) is 0 Å². The fourth-order valence-electron chi connectivity index (χ4n) is 4.80. The maximum Gasteiger partial charge on any atom is 0.288 e. The summed E-state index contributed by atoms with van der Waals surface area (Å²) in [6.45, 7) is -1.97. The second kappa shape index (κ2) is 6.55. The second-order valence-corrected chi connectivity index (χ2v) is 8.58. The van der Waals surface area contributed by atoms with E-state index in [0.29, 0.717) is 9.80 Å². The molecular formula is C20H8N6O12. The van der Waals surface area contributed by atoms with Crippen molar-refractivity contribution < 1.29 is 57.5 Å². The lowest BCUT2D eigenvalue weighted by molar-refractivity contribution is -0.217. The van der Waals surface area contributed by atoms with Crippen LogP contribution in [0.4, 0.5) is 0 Å². The van der Waals surface area contributed by atoms with Crippen LogP contribution in [0.15, 0.2) is 24.3 Å². The summed E-state index contributed by atoms with van der Waals surface area (Å²) in [5.41, 5.74) is -5.68. The van der Waals surface area contributed by atoms with Crippen molar-refractivity contribution in [3.8, 4) is 0 Å². The third-order valence-corrected chi connectivity index (χ3v) is 6.87. The highest BCUT2D eigenvalue weighted by molar-refractivity contribution is 6.54. The molecule has 18 heteroatoms. The molecule has 4 saturated heterocycles. The van der Waals surface area contributed by atoms with Crippen molar-refractivity contribution in [1.82, 2.24) is 29.6 Å². The number of rotatable bonds is 5. The molecule has 38 heavy (non-hydrogen) atoms. The number of amides is 12. The molecule has 6 aliphatic heterocycles. The van der Waals surface area contributed by atoms with E-state index in [-0.39, 0.29) is 19.8 Å². The van der Waals surface area contributed by atoms with Crippen molar-refractivity contribution >= 4 is 70.9 Å². The molecule has 2 spiro atoms. The molecule has 0 bridgehead atoms. The predicted octanol–water partition coefficient (Wildman–Crippen LogP) is -5.89. The van der Waals surface area contributed by atoms with Crippen molar-refractivity contribution in [2.24, 2.45) is 10.8 Å². The minimum Gasteiger partial charge on any atom is -0.272 e. The van der Waals surface area contributed by atoms with Crippen molar-refractivity contribution in [1.29, 1.82) is 0 Å². The fraction of sp³-hybridized carbons (Fsp3) is 0.200. The van der Waals surface area contributed by atoms with Crippen LogP contribution >= 0.6 is 0 Å². The number of carbonyl (C=O) groups is 12. The van der Waals surface area contributed by atoms with Gasteiger partial charge in [0, 0.05) is 24.3 Å². The molecule has 0 atom stereocenters. The Hall–Kier alpha value is -5.68. The zero-order valence-corrected chi connectivity index (χ0v) is 18.3. The summed E-state index contributed by atoms with van der Waals surface area (Å²) >= 11 is 0. The monoisotopic (exact) mass is 524 g/mol. The van der Waals surface area contributed by atoms with E-state index >= 15 is 0 Å². The highest BCUT2D eigenvalue weighted by Gasteiger charge is 2.84. The summed E-state index contributed by atoms with van der Waals surface area (Å²) in [6.07, 6.45) is 3.28. The SMILES string of the molecule is O=C1C=CC(=O)N1CN1C(=O)C2(C1=O)C(=O)N(CN1C(=O)C3(C1=O)C(=O)N(N1C(=O)C=CC1=O)C3=O)C2=O. The first-order valence-corrected chi connectivity index (χ1v) is 10.4. The summed E-state index contributed by atoms with van der Waals surface area (Å²) < 4.78 is 0. The molecule has 0 aromatic heterocycles. The van der Waals surface area contributed by atoms with Crippen molar-refractivity contribution in [2.75, 3.05) is 13.3 Å². The zero-order valence-electron chi connectivity index (χ0n) is 18.3. The summed E-state index contributed by atoms with van der Waals surface area (Å²) in [5.74, 6) is -15.1. The lowest BCUT2D eigenvalue weighted by Gasteiger charge is -2.56. The van der Waals surface area contributed by atoms with E-state index in [1.165, 1.54) is 0 Å². The number of hydrogen-bond acceptors (Lipinski definition) is 12. The molecule has 0 aromatic carbocycles. The highest BCUT2D eigenvalue weighted by Crippen LogP contribution is 2.49. The molecular weight excluding hydrogens is 516 g/mol. The highest BCUT2D eigenvalue weighted by atomic mass is 16.3.